The number of hydrogen-bond donors (Lipinski definition) is 2. The van der Waals surface area contributed by atoms with Crippen LogP contribution in [-0.4, -0.2) is 22.8 Å². The lowest BCUT2D eigenvalue weighted by Gasteiger charge is -2.04. The molecule has 2 N–H and O–H groups in total. The summed E-state index contributed by atoms with van der Waals surface area (Å²) in [6.07, 6.45) is 3.96. The van der Waals surface area contributed by atoms with Gasteiger partial charge >= 0.3 is 0 Å². The third-order valence-electron chi connectivity index (χ3n) is 3.42. The number of hydrazone groups is 1. The molecule has 3 rings (SSSR count). The number of aromatic nitrogens is 2. The zero-order valence-corrected chi connectivity index (χ0v) is 13.1. The van der Waals surface area contributed by atoms with Crippen LogP contribution >= 0.6 is 0 Å². The Morgan fingerprint density at radius 3 is 2.78 bits per heavy atom. The molecule has 0 aliphatic carbocycles. The number of imidazole rings is 1. The second-order valence-corrected chi connectivity index (χ2v) is 5.24. The van der Waals surface area contributed by atoms with E-state index in [1.807, 2.05) is 48.5 Å². The number of aromatic amines is 1. The molecule has 23 heavy (non-hydrogen) atoms. The Kier molecular flexibility index (Phi) is 4.88. The van der Waals surface area contributed by atoms with Crippen molar-refractivity contribution in [1.82, 2.24) is 9.97 Å². The summed E-state index contributed by atoms with van der Waals surface area (Å²) >= 11 is 0. The number of hydrogen-bond acceptors (Lipinski definition) is 4. The first-order chi connectivity index (χ1) is 11.3. The minimum Gasteiger partial charge on any atom is -0.494 e. The predicted molar refractivity (Wildman–Crippen MR) is 94.2 cm³/mol. The minimum absolute atomic E-state index is 0.627. The van der Waals surface area contributed by atoms with Gasteiger partial charge in [0.25, 0.3) is 0 Å². The minimum atomic E-state index is 0.627. The first kappa shape index (κ1) is 15.1. The quantitative estimate of drug-likeness (QED) is 0.391. The lowest BCUT2D eigenvalue weighted by Crippen LogP contribution is -1.96. The van der Waals surface area contributed by atoms with E-state index in [1.165, 1.54) is 0 Å². The number of H-pyrrole nitrogens is 1. The van der Waals surface area contributed by atoms with Gasteiger partial charge in [-0.05, 0) is 48.4 Å². The fraction of sp³-hybridized carbons (Fsp3) is 0.222. The number of benzene rings is 2. The van der Waals surface area contributed by atoms with E-state index >= 15 is 0 Å². The molecular weight excluding hydrogens is 288 g/mol. The van der Waals surface area contributed by atoms with Gasteiger partial charge in [0, 0.05) is 0 Å². The zero-order chi connectivity index (χ0) is 15.9. The third-order valence-corrected chi connectivity index (χ3v) is 3.42. The fourth-order valence-corrected chi connectivity index (χ4v) is 2.16. The van der Waals surface area contributed by atoms with E-state index in [-0.39, 0.29) is 0 Å². The zero-order valence-electron chi connectivity index (χ0n) is 13.1. The van der Waals surface area contributed by atoms with Crippen molar-refractivity contribution in [2.45, 2.75) is 19.8 Å². The summed E-state index contributed by atoms with van der Waals surface area (Å²) in [6, 6.07) is 15.7. The van der Waals surface area contributed by atoms with Crippen molar-refractivity contribution < 1.29 is 4.74 Å². The fourth-order valence-electron chi connectivity index (χ4n) is 2.16. The number of nitrogens with one attached hydrogen (secondary N) is 2. The SMILES string of the molecule is CCCCOc1ccc(/C=N/Nc2nc3ccccc3[nH]2)cc1. The average Bonchev–Trinajstić information content (AvgIpc) is 2.99. The molecule has 0 atom stereocenters. The maximum atomic E-state index is 5.63. The molecule has 0 fully saturated rings. The Labute approximate surface area is 135 Å². The molecule has 1 heterocycles. The van der Waals surface area contributed by atoms with Gasteiger partial charge < -0.3 is 9.72 Å². The van der Waals surface area contributed by atoms with Crippen molar-refractivity contribution in [3.05, 3.63) is 54.1 Å². The predicted octanol–water partition coefficient (Wildman–Crippen LogP) is 4.19. The molecule has 0 unspecified atom stereocenters. The van der Waals surface area contributed by atoms with E-state index in [0.717, 1.165) is 41.8 Å². The van der Waals surface area contributed by atoms with Crippen molar-refractivity contribution in [3.8, 4) is 5.75 Å². The molecule has 0 bridgehead atoms. The molecule has 0 amide bonds. The van der Waals surface area contributed by atoms with E-state index in [9.17, 15) is 0 Å². The van der Waals surface area contributed by atoms with Gasteiger partial charge in [0.1, 0.15) is 5.75 Å². The van der Waals surface area contributed by atoms with Gasteiger partial charge in [-0.2, -0.15) is 5.10 Å². The molecule has 5 nitrogen and oxygen atoms in total. The van der Waals surface area contributed by atoms with E-state index < -0.39 is 0 Å². The lowest BCUT2D eigenvalue weighted by atomic mass is 10.2. The average molecular weight is 308 g/mol. The lowest BCUT2D eigenvalue weighted by molar-refractivity contribution is 0.309. The Balaban J connectivity index is 1.57. The van der Waals surface area contributed by atoms with E-state index in [4.69, 9.17) is 4.74 Å². The number of fused-ring (bicyclic) bond motifs is 1. The van der Waals surface area contributed by atoms with Crippen molar-refractivity contribution in [2.75, 3.05) is 12.0 Å². The summed E-state index contributed by atoms with van der Waals surface area (Å²) in [4.78, 5) is 7.56. The Morgan fingerprint density at radius 2 is 2.00 bits per heavy atom. The highest BCUT2D eigenvalue weighted by Gasteiger charge is 1.99. The highest BCUT2D eigenvalue weighted by Crippen LogP contribution is 2.14. The number of rotatable bonds is 7. The number of nitrogens with zero attached hydrogens (tertiary/aromatic N) is 2. The highest BCUT2D eigenvalue weighted by molar-refractivity contribution is 5.81. The molecule has 0 spiro atoms. The first-order valence-electron chi connectivity index (χ1n) is 7.82. The number of anilines is 1. The Bertz CT molecular complexity index is 744. The molecule has 0 aliphatic rings. The molecule has 1 aromatic heterocycles. The van der Waals surface area contributed by atoms with Crippen LogP contribution in [0.5, 0.6) is 5.75 Å². The van der Waals surface area contributed by atoms with Gasteiger partial charge in [-0.25, -0.2) is 10.4 Å². The second-order valence-electron chi connectivity index (χ2n) is 5.24. The Morgan fingerprint density at radius 1 is 1.17 bits per heavy atom. The Hall–Kier alpha value is -2.82. The van der Waals surface area contributed by atoms with Gasteiger partial charge in [0.15, 0.2) is 0 Å². The summed E-state index contributed by atoms with van der Waals surface area (Å²) in [7, 11) is 0. The second kappa shape index (κ2) is 7.45. The topological polar surface area (TPSA) is 62.3 Å². The van der Waals surface area contributed by atoms with Crippen LogP contribution in [0.25, 0.3) is 11.0 Å². The van der Waals surface area contributed by atoms with Crippen molar-refractivity contribution >= 4 is 23.2 Å². The summed E-state index contributed by atoms with van der Waals surface area (Å²) in [6.45, 7) is 2.91. The molecule has 5 heteroatoms. The third kappa shape index (κ3) is 4.10. The van der Waals surface area contributed by atoms with Crippen molar-refractivity contribution in [1.29, 1.82) is 0 Å². The van der Waals surface area contributed by atoms with Crippen LogP contribution in [0.3, 0.4) is 0 Å². The first-order valence-corrected chi connectivity index (χ1v) is 7.82. The van der Waals surface area contributed by atoms with Crippen LogP contribution in [-0.2, 0) is 0 Å². The van der Waals surface area contributed by atoms with Crippen LogP contribution < -0.4 is 10.2 Å². The molecule has 0 saturated heterocycles. The standard InChI is InChI=1S/C18H20N4O/c1-2-3-12-23-15-10-8-14(9-11-15)13-19-22-18-20-16-6-4-5-7-17(16)21-18/h4-11,13H,2-3,12H2,1H3,(H2,20,21,22)/b19-13+. The van der Waals surface area contributed by atoms with E-state index in [2.05, 4.69) is 27.4 Å². The number of unbranched alkanes of at least 4 members (excludes halogenated alkanes) is 1. The largest absolute Gasteiger partial charge is 0.494 e. The molecule has 118 valence electrons. The molecule has 3 aromatic rings. The maximum Gasteiger partial charge on any atom is 0.222 e. The van der Waals surface area contributed by atoms with Crippen LogP contribution in [0.4, 0.5) is 5.95 Å². The van der Waals surface area contributed by atoms with Crippen LogP contribution in [0.15, 0.2) is 53.6 Å². The van der Waals surface area contributed by atoms with Crippen LogP contribution in [0.1, 0.15) is 25.3 Å². The molecule has 0 saturated carbocycles. The smallest absolute Gasteiger partial charge is 0.222 e. The van der Waals surface area contributed by atoms with Gasteiger partial charge in [-0.3, -0.25) is 0 Å². The van der Waals surface area contributed by atoms with Gasteiger partial charge in [-0.1, -0.05) is 25.5 Å². The maximum absolute atomic E-state index is 5.63. The van der Waals surface area contributed by atoms with Gasteiger partial charge in [0.05, 0.1) is 23.9 Å². The molecule has 2 aromatic carbocycles. The van der Waals surface area contributed by atoms with Crippen molar-refractivity contribution in [2.24, 2.45) is 5.10 Å². The number of ether oxygens (including phenoxy) is 1. The van der Waals surface area contributed by atoms with E-state index in [1.54, 1.807) is 6.21 Å². The number of para-hydroxylation sites is 2. The van der Waals surface area contributed by atoms with Crippen LogP contribution in [0, 0.1) is 0 Å². The molecule has 0 radical (unpaired) electrons. The van der Waals surface area contributed by atoms with Crippen molar-refractivity contribution in [3.63, 3.8) is 0 Å². The normalized spacial score (nSPS) is 11.2. The molecular formula is C18H20N4O. The molecule has 0 aliphatic heterocycles. The van der Waals surface area contributed by atoms with Gasteiger partial charge in [-0.15, -0.1) is 0 Å². The van der Waals surface area contributed by atoms with E-state index in [0.29, 0.717) is 5.95 Å². The summed E-state index contributed by atoms with van der Waals surface area (Å²) in [5.74, 6) is 1.52. The van der Waals surface area contributed by atoms with Crippen LogP contribution in [0.2, 0.25) is 0 Å². The summed E-state index contributed by atoms with van der Waals surface area (Å²) in [5.41, 5.74) is 5.81. The highest BCUT2D eigenvalue weighted by atomic mass is 16.5. The summed E-state index contributed by atoms with van der Waals surface area (Å²) in [5, 5.41) is 4.20. The summed E-state index contributed by atoms with van der Waals surface area (Å²) < 4.78 is 5.63. The van der Waals surface area contributed by atoms with Gasteiger partial charge in [0.2, 0.25) is 5.95 Å². The monoisotopic (exact) mass is 308 g/mol.